The van der Waals surface area contributed by atoms with Gasteiger partial charge in [0.05, 0.1) is 6.61 Å². The van der Waals surface area contributed by atoms with Gasteiger partial charge in [0.15, 0.2) is 6.10 Å². The number of rotatable bonds is 3. The Balaban J connectivity index is 3.78. The molecular formula is C7H13NO4. The van der Waals surface area contributed by atoms with Gasteiger partial charge < -0.3 is 14.8 Å². The van der Waals surface area contributed by atoms with Crippen LogP contribution >= 0.6 is 0 Å². The molecule has 0 radical (unpaired) electrons. The molecule has 5 heteroatoms. The van der Waals surface area contributed by atoms with Crippen LogP contribution in [0.1, 0.15) is 13.8 Å². The van der Waals surface area contributed by atoms with Gasteiger partial charge in [-0.2, -0.15) is 0 Å². The van der Waals surface area contributed by atoms with Crippen molar-refractivity contribution in [3.05, 3.63) is 0 Å². The molecule has 0 rings (SSSR count). The van der Waals surface area contributed by atoms with Crippen LogP contribution in [0.2, 0.25) is 0 Å². The molecule has 1 amide bonds. The van der Waals surface area contributed by atoms with Crippen LogP contribution in [0.3, 0.4) is 0 Å². The van der Waals surface area contributed by atoms with E-state index in [1.165, 1.54) is 14.0 Å². The Hall–Kier alpha value is -1.26. The van der Waals surface area contributed by atoms with Crippen LogP contribution in [-0.2, 0) is 14.3 Å². The zero-order valence-electron chi connectivity index (χ0n) is 7.42. The van der Waals surface area contributed by atoms with E-state index in [2.05, 4.69) is 14.8 Å². The maximum atomic E-state index is 10.9. The van der Waals surface area contributed by atoms with Gasteiger partial charge in [-0.05, 0) is 13.8 Å². The van der Waals surface area contributed by atoms with Crippen LogP contribution in [0, 0.1) is 0 Å². The molecule has 1 N–H and O–H groups in total. The molecule has 0 heterocycles. The average Bonchev–Trinajstić information content (AvgIpc) is 2.04. The molecule has 0 saturated heterocycles. The third-order valence-electron chi connectivity index (χ3n) is 1.11. The lowest BCUT2D eigenvalue weighted by atomic mass is 10.4. The van der Waals surface area contributed by atoms with Crippen LogP contribution in [0.4, 0.5) is 4.79 Å². The number of ether oxygens (including phenoxy) is 2. The summed E-state index contributed by atoms with van der Waals surface area (Å²) in [5.74, 6) is -0.541. The molecule has 5 nitrogen and oxygen atoms in total. The highest BCUT2D eigenvalue weighted by Gasteiger charge is 2.17. The van der Waals surface area contributed by atoms with E-state index in [1.807, 2.05) is 0 Å². The summed E-state index contributed by atoms with van der Waals surface area (Å²) >= 11 is 0. The van der Waals surface area contributed by atoms with Crippen LogP contribution in [0.15, 0.2) is 0 Å². The molecule has 0 aliphatic heterocycles. The van der Waals surface area contributed by atoms with Crippen LogP contribution in [0.25, 0.3) is 0 Å². The number of hydrogen-bond acceptors (Lipinski definition) is 4. The number of nitrogens with one attached hydrogen (secondary N) is 1. The number of carbonyl (C=O) groups excluding carboxylic acids is 2. The zero-order chi connectivity index (χ0) is 9.56. The summed E-state index contributed by atoms with van der Waals surface area (Å²) in [7, 11) is 1.42. The summed E-state index contributed by atoms with van der Waals surface area (Å²) in [6.07, 6.45) is -1.50. The first-order valence-electron chi connectivity index (χ1n) is 3.66. The van der Waals surface area contributed by atoms with Crippen molar-refractivity contribution in [3.8, 4) is 0 Å². The Labute approximate surface area is 71.0 Å². The van der Waals surface area contributed by atoms with Gasteiger partial charge in [0.1, 0.15) is 0 Å². The lowest BCUT2D eigenvalue weighted by molar-refractivity contribution is -0.152. The van der Waals surface area contributed by atoms with Gasteiger partial charge in [0.2, 0.25) is 0 Å². The minimum absolute atomic E-state index is 0.278. The van der Waals surface area contributed by atoms with Gasteiger partial charge in [-0.25, -0.2) is 9.59 Å². The summed E-state index contributed by atoms with van der Waals surface area (Å²) in [5, 5.41) is 2.22. The quantitative estimate of drug-likeness (QED) is 0.626. The molecule has 0 aromatic heterocycles. The molecule has 0 aliphatic rings. The second-order valence-corrected chi connectivity index (χ2v) is 2.05. The summed E-state index contributed by atoms with van der Waals surface area (Å²) in [5.41, 5.74) is 0. The van der Waals surface area contributed by atoms with Crippen LogP contribution < -0.4 is 5.32 Å². The second-order valence-electron chi connectivity index (χ2n) is 2.05. The molecule has 1 atom stereocenters. The molecule has 0 saturated carbocycles. The Morgan fingerprint density at radius 3 is 2.50 bits per heavy atom. The lowest BCUT2D eigenvalue weighted by Gasteiger charge is -2.10. The molecule has 0 aliphatic carbocycles. The minimum Gasteiger partial charge on any atom is -0.463 e. The number of hydrogen-bond donors (Lipinski definition) is 1. The van der Waals surface area contributed by atoms with E-state index in [-0.39, 0.29) is 6.61 Å². The maximum Gasteiger partial charge on any atom is 0.407 e. The van der Waals surface area contributed by atoms with Crippen LogP contribution in [0.5, 0.6) is 0 Å². The predicted octanol–water partition coefficient (Wildman–Crippen LogP) is 0.294. The van der Waals surface area contributed by atoms with E-state index >= 15 is 0 Å². The first-order chi connectivity index (χ1) is 5.61. The third-order valence-corrected chi connectivity index (χ3v) is 1.11. The van der Waals surface area contributed by atoms with Crippen molar-refractivity contribution in [2.75, 3.05) is 13.7 Å². The van der Waals surface area contributed by atoms with Crippen molar-refractivity contribution in [2.45, 2.75) is 20.0 Å². The van der Waals surface area contributed by atoms with Crippen LogP contribution in [-0.4, -0.2) is 31.8 Å². The normalized spacial score (nSPS) is 11.6. The number of alkyl carbamates (subject to hydrolysis) is 1. The van der Waals surface area contributed by atoms with Gasteiger partial charge in [-0.15, -0.1) is 0 Å². The highest BCUT2D eigenvalue weighted by Crippen LogP contribution is 1.94. The van der Waals surface area contributed by atoms with Gasteiger partial charge in [-0.3, -0.25) is 0 Å². The largest absolute Gasteiger partial charge is 0.463 e. The minimum atomic E-state index is -0.857. The summed E-state index contributed by atoms with van der Waals surface area (Å²) in [6, 6.07) is 0. The first kappa shape index (κ1) is 10.7. The molecule has 0 aromatic carbocycles. The molecule has 70 valence electrons. The molecule has 1 unspecified atom stereocenters. The Morgan fingerprint density at radius 1 is 1.50 bits per heavy atom. The van der Waals surface area contributed by atoms with E-state index in [4.69, 9.17) is 0 Å². The van der Waals surface area contributed by atoms with Gasteiger partial charge >= 0.3 is 12.1 Å². The Kier molecular flexibility index (Phi) is 4.83. The fourth-order valence-electron chi connectivity index (χ4n) is 0.527. The molecule has 0 bridgehead atoms. The van der Waals surface area contributed by atoms with Gasteiger partial charge in [0.25, 0.3) is 0 Å². The summed E-state index contributed by atoms with van der Waals surface area (Å²) in [4.78, 5) is 21.5. The van der Waals surface area contributed by atoms with Crippen molar-refractivity contribution in [1.29, 1.82) is 0 Å². The van der Waals surface area contributed by atoms with E-state index in [9.17, 15) is 9.59 Å². The Bertz CT molecular complexity index is 169. The highest BCUT2D eigenvalue weighted by atomic mass is 16.6. The van der Waals surface area contributed by atoms with Gasteiger partial charge in [0, 0.05) is 7.05 Å². The fourth-order valence-corrected chi connectivity index (χ4v) is 0.527. The van der Waals surface area contributed by atoms with E-state index in [0.29, 0.717) is 0 Å². The molecule has 0 fully saturated rings. The van der Waals surface area contributed by atoms with Crippen molar-refractivity contribution in [3.63, 3.8) is 0 Å². The van der Waals surface area contributed by atoms with Crippen molar-refractivity contribution >= 4 is 12.1 Å². The first-order valence-corrected chi connectivity index (χ1v) is 3.66. The zero-order valence-corrected chi connectivity index (χ0v) is 7.42. The fraction of sp³-hybridized carbons (Fsp3) is 0.714. The van der Waals surface area contributed by atoms with Crippen molar-refractivity contribution in [2.24, 2.45) is 0 Å². The van der Waals surface area contributed by atoms with E-state index in [0.717, 1.165) is 0 Å². The second kappa shape index (κ2) is 5.40. The predicted molar refractivity (Wildman–Crippen MR) is 41.6 cm³/mol. The number of amides is 1. The van der Waals surface area contributed by atoms with E-state index < -0.39 is 18.2 Å². The third kappa shape index (κ3) is 3.80. The maximum absolute atomic E-state index is 10.9. The van der Waals surface area contributed by atoms with Gasteiger partial charge in [-0.1, -0.05) is 0 Å². The Morgan fingerprint density at radius 2 is 2.08 bits per heavy atom. The SMILES string of the molecule is CCOC(=O)C(C)OC(=O)NC. The van der Waals surface area contributed by atoms with Crippen molar-refractivity contribution in [1.82, 2.24) is 5.32 Å². The van der Waals surface area contributed by atoms with E-state index in [1.54, 1.807) is 6.92 Å². The topological polar surface area (TPSA) is 64.6 Å². The molecule has 0 aromatic rings. The molecular weight excluding hydrogens is 162 g/mol. The number of esters is 1. The summed E-state index contributed by atoms with van der Waals surface area (Å²) in [6.45, 7) is 3.41. The average molecular weight is 175 g/mol. The lowest BCUT2D eigenvalue weighted by Crippen LogP contribution is -2.30. The smallest absolute Gasteiger partial charge is 0.407 e. The standard InChI is InChI=1S/C7H13NO4/c1-4-11-6(9)5(2)12-7(10)8-3/h5H,4H2,1-3H3,(H,8,10). The summed E-state index contributed by atoms with van der Waals surface area (Å²) < 4.78 is 9.19. The molecule has 12 heavy (non-hydrogen) atoms. The highest BCUT2D eigenvalue weighted by molar-refractivity contribution is 5.78. The molecule has 0 spiro atoms. The van der Waals surface area contributed by atoms with Crippen molar-refractivity contribution < 1.29 is 19.1 Å². The number of carbonyl (C=O) groups is 2. The monoisotopic (exact) mass is 175 g/mol.